The number of carbonyl (C=O) groups is 1. The van der Waals surface area contributed by atoms with Gasteiger partial charge in [0.15, 0.2) is 0 Å². The van der Waals surface area contributed by atoms with E-state index in [-0.39, 0.29) is 16.5 Å². The summed E-state index contributed by atoms with van der Waals surface area (Å²) in [6, 6.07) is 2.56. The number of nitrogens with two attached hydrogens (primary N) is 1. The zero-order valence-electron chi connectivity index (χ0n) is 10.6. The molecule has 4 N–H and O–H groups in total. The summed E-state index contributed by atoms with van der Waals surface area (Å²) in [5, 5.41) is 10.1. The van der Waals surface area contributed by atoms with Gasteiger partial charge in [0, 0.05) is 6.54 Å². The van der Waals surface area contributed by atoms with Gasteiger partial charge in [0.25, 0.3) is 0 Å². The van der Waals surface area contributed by atoms with E-state index < -0.39 is 21.9 Å². The predicted molar refractivity (Wildman–Crippen MR) is 69.5 cm³/mol. The first-order valence-corrected chi connectivity index (χ1v) is 7.17. The molecule has 1 atom stereocenters. The number of hydrogen-bond acceptors (Lipinski definition) is 4. The fourth-order valence-corrected chi connectivity index (χ4v) is 1.94. The number of anilines is 1. The van der Waals surface area contributed by atoms with E-state index >= 15 is 0 Å². The molecule has 19 heavy (non-hydrogen) atoms. The Morgan fingerprint density at radius 2 is 2.11 bits per heavy atom. The minimum atomic E-state index is -3.94. The molecule has 0 saturated carbocycles. The highest BCUT2D eigenvalue weighted by Gasteiger charge is 2.15. The first-order chi connectivity index (χ1) is 8.75. The van der Waals surface area contributed by atoms with Crippen LogP contribution in [0.2, 0.25) is 0 Å². The Morgan fingerprint density at radius 3 is 2.58 bits per heavy atom. The van der Waals surface area contributed by atoms with Gasteiger partial charge in [0.2, 0.25) is 15.9 Å². The second-order valence-electron chi connectivity index (χ2n) is 3.95. The van der Waals surface area contributed by atoms with Crippen molar-refractivity contribution in [2.24, 2.45) is 5.14 Å². The largest absolute Gasteiger partial charge is 0.372 e. The molecule has 0 aliphatic heterocycles. The molecular weight excluding hydrogens is 273 g/mol. The highest BCUT2D eigenvalue weighted by Crippen LogP contribution is 2.18. The van der Waals surface area contributed by atoms with Crippen LogP contribution in [0, 0.1) is 5.82 Å². The molecule has 0 aliphatic carbocycles. The van der Waals surface area contributed by atoms with Gasteiger partial charge in [-0.05, 0) is 32.0 Å². The molecule has 1 rings (SSSR count). The van der Waals surface area contributed by atoms with Gasteiger partial charge in [0.1, 0.15) is 11.9 Å². The summed E-state index contributed by atoms with van der Waals surface area (Å²) in [6.07, 6.45) is 0. The standard InChI is InChI=1S/C11H16FN3O3S/c1-3-14-11(16)7(2)15-10-5-4-8(6-9(10)12)19(13,17)18/h4-7,15H,3H2,1-2H3,(H,14,16)(H2,13,17,18). The molecular formula is C11H16FN3O3S. The quantitative estimate of drug-likeness (QED) is 0.730. The number of halogens is 1. The van der Waals surface area contributed by atoms with Crippen molar-refractivity contribution in [2.45, 2.75) is 24.8 Å². The van der Waals surface area contributed by atoms with Crippen LogP contribution in [0.3, 0.4) is 0 Å². The molecule has 0 spiro atoms. The van der Waals surface area contributed by atoms with E-state index in [0.29, 0.717) is 6.54 Å². The van der Waals surface area contributed by atoms with E-state index in [2.05, 4.69) is 10.6 Å². The van der Waals surface area contributed by atoms with Crippen molar-refractivity contribution in [3.8, 4) is 0 Å². The van der Waals surface area contributed by atoms with Gasteiger partial charge in [-0.2, -0.15) is 0 Å². The van der Waals surface area contributed by atoms with E-state index in [9.17, 15) is 17.6 Å². The lowest BCUT2D eigenvalue weighted by molar-refractivity contribution is -0.121. The first-order valence-electron chi connectivity index (χ1n) is 5.62. The number of nitrogens with one attached hydrogen (secondary N) is 2. The summed E-state index contributed by atoms with van der Waals surface area (Å²) >= 11 is 0. The third kappa shape index (κ3) is 4.18. The Labute approximate surface area is 111 Å². The number of rotatable bonds is 5. The Hall–Kier alpha value is -1.67. The second kappa shape index (κ2) is 5.98. The lowest BCUT2D eigenvalue weighted by atomic mass is 10.2. The van der Waals surface area contributed by atoms with E-state index in [1.165, 1.54) is 12.1 Å². The third-order valence-electron chi connectivity index (χ3n) is 2.39. The Kier molecular flexibility index (Phi) is 4.84. The van der Waals surface area contributed by atoms with Crippen LogP contribution in [-0.2, 0) is 14.8 Å². The van der Waals surface area contributed by atoms with Crippen LogP contribution >= 0.6 is 0 Å². The highest BCUT2D eigenvalue weighted by atomic mass is 32.2. The van der Waals surface area contributed by atoms with Crippen LogP contribution in [0.25, 0.3) is 0 Å². The van der Waals surface area contributed by atoms with Crippen LogP contribution < -0.4 is 15.8 Å². The predicted octanol–water partition coefficient (Wildman–Crippen LogP) is 0.410. The number of hydrogen-bond donors (Lipinski definition) is 3. The molecule has 6 nitrogen and oxygen atoms in total. The molecule has 1 amide bonds. The molecule has 8 heteroatoms. The fraction of sp³-hybridized carbons (Fsp3) is 0.364. The second-order valence-corrected chi connectivity index (χ2v) is 5.51. The molecule has 0 aliphatic rings. The lowest BCUT2D eigenvalue weighted by Crippen LogP contribution is -2.37. The highest BCUT2D eigenvalue weighted by molar-refractivity contribution is 7.89. The van der Waals surface area contributed by atoms with Gasteiger partial charge in [-0.1, -0.05) is 0 Å². The van der Waals surface area contributed by atoms with Gasteiger partial charge in [-0.25, -0.2) is 17.9 Å². The number of amides is 1. The maximum Gasteiger partial charge on any atom is 0.242 e. The van der Waals surface area contributed by atoms with Crippen molar-refractivity contribution in [1.82, 2.24) is 5.32 Å². The van der Waals surface area contributed by atoms with Crippen molar-refractivity contribution in [1.29, 1.82) is 0 Å². The molecule has 0 aromatic heterocycles. The fourth-order valence-electron chi connectivity index (χ4n) is 1.42. The van der Waals surface area contributed by atoms with Crippen molar-refractivity contribution in [3.63, 3.8) is 0 Å². The first kappa shape index (κ1) is 15.4. The summed E-state index contributed by atoms with van der Waals surface area (Å²) in [7, 11) is -3.94. The molecule has 0 radical (unpaired) electrons. The van der Waals surface area contributed by atoms with Gasteiger partial charge < -0.3 is 10.6 Å². The normalized spacial score (nSPS) is 12.8. The molecule has 0 saturated heterocycles. The van der Waals surface area contributed by atoms with Crippen LogP contribution in [0.5, 0.6) is 0 Å². The Bertz CT molecular complexity index is 575. The molecule has 0 bridgehead atoms. The summed E-state index contributed by atoms with van der Waals surface area (Å²) in [6.45, 7) is 3.81. The van der Waals surface area contributed by atoms with E-state index in [4.69, 9.17) is 5.14 Å². The van der Waals surface area contributed by atoms with Gasteiger partial charge in [-0.3, -0.25) is 4.79 Å². The maximum atomic E-state index is 13.7. The summed E-state index contributed by atoms with van der Waals surface area (Å²) < 4.78 is 35.8. The van der Waals surface area contributed by atoms with Crippen molar-refractivity contribution in [2.75, 3.05) is 11.9 Å². The molecule has 0 fully saturated rings. The molecule has 106 valence electrons. The van der Waals surface area contributed by atoms with Crippen LogP contribution in [0.1, 0.15) is 13.8 Å². The summed E-state index contributed by atoms with van der Waals surface area (Å²) in [5.41, 5.74) is 0.0335. The molecule has 0 heterocycles. The zero-order valence-corrected chi connectivity index (χ0v) is 11.4. The van der Waals surface area contributed by atoms with Crippen molar-refractivity contribution < 1.29 is 17.6 Å². The average molecular weight is 289 g/mol. The van der Waals surface area contributed by atoms with Crippen LogP contribution in [0.4, 0.5) is 10.1 Å². The van der Waals surface area contributed by atoms with Gasteiger partial charge in [0.05, 0.1) is 10.6 Å². The average Bonchev–Trinajstić information content (AvgIpc) is 2.30. The number of carbonyl (C=O) groups excluding carboxylic acids is 1. The summed E-state index contributed by atoms with van der Waals surface area (Å²) in [5.74, 6) is -1.07. The van der Waals surface area contributed by atoms with E-state index in [1.807, 2.05) is 0 Å². The van der Waals surface area contributed by atoms with Crippen molar-refractivity contribution in [3.05, 3.63) is 24.0 Å². The minimum absolute atomic E-state index is 0.0335. The minimum Gasteiger partial charge on any atom is -0.372 e. The number of benzene rings is 1. The number of sulfonamides is 1. The third-order valence-corrected chi connectivity index (χ3v) is 3.30. The SMILES string of the molecule is CCNC(=O)C(C)Nc1ccc(S(N)(=O)=O)cc1F. The Morgan fingerprint density at radius 1 is 1.47 bits per heavy atom. The molecule has 1 aromatic carbocycles. The smallest absolute Gasteiger partial charge is 0.242 e. The number of primary sulfonamides is 1. The summed E-state index contributed by atoms with van der Waals surface area (Å²) in [4.78, 5) is 11.2. The number of likely N-dealkylation sites (N-methyl/N-ethyl adjacent to an activating group) is 1. The maximum absolute atomic E-state index is 13.7. The molecule has 1 unspecified atom stereocenters. The van der Waals surface area contributed by atoms with E-state index in [1.54, 1.807) is 13.8 Å². The topological polar surface area (TPSA) is 101 Å². The Balaban J connectivity index is 2.89. The lowest BCUT2D eigenvalue weighted by Gasteiger charge is -2.15. The zero-order chi connectivity index (χ0) is 14.6. The van der Waals surface area contributed by atoms with Crippen LogP contribution in [-0.4, -0.2) is 26.9 Å². The van der Waals surface area contributed by atoms with Crippen molar-refractivity contribution >= 4 is 21.6 Å². The van der Waals surface area contributed by atoms with Gasteiger partial charge >= 0.3 is 0 Å². The van der Waals surface area contributed by atoms with E-state index in [0.717, 1.165) is 6.07 Å². The monoisotopic (exact) mass is 289 g/mol. The van der Waals surface area contributed by atoms with Gasteiger partial charge in [-0.15, -0.1) is 0 Å². The van der Waals surface area contributed by atoms with Crippen LogP contribution in [0.15, 0.2) is 23.1 Å². The molecule has 1 aromatic rings.